The van der Waals surface area contributed by atoms with Crippen LogP contribution >= 0.6 is 0 Å². The third-order valence-electron chi connectivity index (χ3n) is 11.0. The van der Waals surface area contributed by atoms with Gasteiger partial charge in [-0.1, -0.05) is 241 Å². The Morgan fingerprint density at radius 2 is 0.915 bits per heavy atom. The predicted octanol–water partition coefficient (Wildman–Crippen LogP) is 14.6. The van der Waals surface area contributed by atoms with Gasteiger partial charge in [0.15, 0.2) is 0 Å². The van der Waals surface area contributed by atoms with Crippen molar-refractivity contribution in [2.45, 2.75) is 244 Å². The number of carbonyl (C=O) groups excluding carboxylic acids is 2. The normalized spacial score (nSPS) is 13.9. The SMILES string of the molecule is CC\C=C/C=C/C=C/C=C\C=C\C=C\CCCCCC(=O)OC(CCCCCCCCCCCCCCCC)CC(=O)NC(CO)C(O)CCCCCCCCCCC. The Hall–Kier alpha value is -2.70. The number of carbonyl (C=O) groups is 2. The van der Waals surface area contributed by atoms with Gasteiger partial charge >= 0.3 is 5.97 Å². The Labute approximate surface area is 364 Å². The van der Waals surface area contributed by atoms with Gasteiger partial charge in [0, 0.05) is 6.42 Å². The highest BCUT2D eigenvalue weighted by atomic mass is 16.5. The lowest BCUT2D eigenvalue weighted by Crippen LogP contribution is -2.46. The minimum absolute atomic E-state index is 0.0584. The molecule has 0 aliphatic carbocycles. The minimum Gasteiger partial charge on any atom is -0.462 e. The first-order chi connectivity index (χ1) is 29.0. The molecule has 0 saturated heterocycles. The van der Waals surface area contributed by atoms with Gasteiger partial charge < -0.3 is 20.3 Å². The molecule has 6 nitrogen and oxygen atoms in total. The molecule has 3 atom stereocenters. The smallest absolute Gasteiger partial charge is 0.306 e. The van der Waals surface area contributed by atoms with Crippen LogP contribution in [0, 0.1) is 0 Å². The maximum Gasteiger partial charge on any atom is 0.306 e. The van der Waals surface area contributed by atoms with Gasteiger partial charge in [0.2, 0.25) is 5.91 Å². The maximum absolute atomic E-state index is 13.2. The average Bonchev–Trinajstić information content (AvgIpc) is 3.23. The summed E-state index contributed by atoms with van der Waals surface area (Å²) in [4.78, 5) is 26.1. The average molecular weight is 824 g/mol. The van der Waals surface area contributed by atoms with Crippen LogP contribution in [0.5, 0.6) is 0 Å². The van der Waals surface area contributed by atoms with Crippen LogP contribution in [-0.2, 0) is 14.3 Å². The van der Waals surface area contributed by atoms with Gasteiger partial charge in [0.05, 0.1) is 25.2 Å². The molecule has 59 heavy (non-hydrogen) atoms. The van der Waals surface area contributed by atoms with E-state index < -0.39 is 18.2 Å². The number of aliphatic hydroxyl groups excluding tert-OH is 2. The van der Waals surface area contributed by atoms with E-state index in [1.807, 2.05) is 54.7 Å². The second kappa shape index (κ2) is 46.4. The summed E-state index contributed by atoms with van der Waals surface area (Å²) in [5, 5.41) is 23.6. The van der Waals surface area contributed by atoms with Gasteiger partial charge in [0.25, 0.3) is 0 Å². The largest absolute Gasteiger partial charge is 0.462 e. The van der Waals surface area contributed by atoms with E-state index in [4.69, 9.17) is 4.74 Å². The quantitative estimate of drug-likeness (QED) is 0.0323. The molecule has 6 heteroatoms. The van der Waals surface area contributed by atoms with Crippen LogP contribution in [0.2, 0.25) is 0 Å². The lowest BCUT2D eigenvalue weighted by Gasteiger charge is -2.24. The van der Waals surface area contributed by atoms with Crippen molar-refractivity contribution >= 4 is 11.9 Å². The molecule has 0 heterocycles. The summed E-state index contributed by atoms with van der Waals surface area (Å²) in [6, 6.07) is -0.710. The van der Waals surface area contributed by atoms with Gasteiger partial charge in [-0.2, -0.15) is 0 Å². The molecule has 3 unspecified atom stereocenters. The number of unbranched alkanes of at least 4 members (excludes halogenated alkanes) is 24. The van der Waals surface area contributed by atoms with Crippen molar-refractivity contribution in [3.8, 4) is 0 Å². The minimum atomic E-state index is -0.795. The third-order valence-corrected chi connectivity index (χ3v) is 11.0. The summed E-state index contributed by atoms with van der Waals surface area (Å²) >= 11 is 0. The zero-order valence-corrected chi connectivity index (χ0v) is 38.6. The van der Waals surface area contributed by atoms with Crippen LogP contribution in [0.25, 0.3) is 0 Å². The zero-order chi connectivity index (χ0) is 43.1. The first kappa shape index (κ1) is 56.3. The first-order valence-electron chi connectivity index (χ1n) is 24.7. The van der Waals surface area contributed by atoms with Crippen molar-refractivity contribution < 1.29 is 24.5 Å². The molecule has 340 valence electrons. The van der Waals surface area contributed by atoms with E-state index in [0.717, 1.165) is 70.6 Å². The lowest BCUT2D eigenvalue weighted by molar-refractivity contribution is -0.151. The Morgan fingerprint density at radius 1 is 0.508 bits per heavy atom. The number of amides is 1. The van der Waals surface area contributed by atoms with E-state index in [0.29, 0.717) is 19.3 Å². The zero-order valence-electron chi connectivity index (χ0n) is 38.6. The molecule has 0 aliphatic heterocycles. The first-order valence-corrected chi connectivity index (χ1v) is 24.7. The van der Waals surface area contributed by atoms with Crippen LogP contribution in [0.4, 0.5) is 0 Å². The monoisotopic (exact) mass is 824 g/mol. The van der Waals surface area contributed by atoms with Gasteiger partial charge in [-0.05, 0) is 44.9 Å². The fourth-order valence-corrected chi connectivity index (χ4v) is 7.23. The highest BCUT2D eigenvalue weighted by Gasteiger charge is 2.24. The second-order valence-corrected chi connectivity index (χ2v) is 16.6. The summed E-state index contributed by atoms with van der Waals surface area (Å²) in [5.74, 6) is -0.525. The molecule has 0 spiro atoms. The molecule has 0 bridgehead atoms. The van der Waals surface area contributed by atoms with Crippen LogP contribution in [0.15, 0.2) is 72.9 Å². The van der Waals surface area contributed by atoms with Gasteiger partial charge in [-0.25, -0.2) is 0 Å². The molecule has 0 radical (unpaired) electrons. The van der Waals surface area contributed by atoms with Crippen LogP contribution in [-0.4, -0.2) is 46.9 Å². The molecule has 0 aromatic heterocycles. The summed E-state index contributed by atoms with van der Waals surface area (Å²) in [5.41, 5.74) is 0. The highest BCUT2D eigenvalue weighted by molar-refractivity contribution is 5.77. The molecular formula is C53H93NO5. The Balaban J connectivity index is 4.68. The molecule has 0 rings (SSSR count). The Morgan fingerprint density at radius 3 is 1.37 bits per heavy atom. The molecule has 1 amide bonds. The fraction of sp³-hybridized carbons (Fsp3) is 0.736. The van der Waals surface area contributed by atoms with Crippen molar-refractivity contribution in [2.75, 3.05) is 6.61 Å². The second-order valence-electron chi connectivity index (χ2n) is 16.6. The number of hydrogen-bond donors (Lipinski definition) is 3. The number of nitrogens with one attached hydrogen (secondary N) is 1. The molecule has 0 aliphatic rings. The molecule has 0 aromatic carbocycles. The third kappa shape index (κ3) is 41.8. The van der Waals surface area contributed by atoms with E-state index in [2.05, 4.69) is 44.3 Å². The maximum atomic E-state index is 13.2. The molecule has 0 aromatic rings. The topological polar surface area (TPSA) is 95.9 Å². The van der Waals surface area contributed by atoms with Crippen LogP contribution < -0.4 is 5.32 Å². The van der Waals surface area contributed by atoms with Crippen molar-refractivity contribution in [1.82, 2.24) is 5.32 Å². The number of ether oxygens (including phenoxy) is 1. The Kier molecular flexibility index (Phi) is 44.2. The van der Waals surface area contributed by atoms with Crippen molar-refractivity contribution in [1.29, 1.82) is 0 Å². The van der Waals surface area contributed by atoms with E-state index >= 15 is 0 Å². The molecule has 3 N–H and O–H groups in total. The van der Waals surface area contributed by atoms with E-state index in [-0.39, 0.29) is 24.9 Å². The number of esters is 1. The summed E-state index contributed by atoms with van der Waals surface area (Å²) in [7, 11) is 0. The number of allylic oxidation sites excluding steroid dienone is 12. The van der Waals surface area contributed by atoms with Crippen molar-refractivity contribution in [3.05, 3.63) is 72.9 Å². The fourth-order valence-electron chi connectivity index (χ4n) is 7.23. The van der Waals surface area contributed by atoms with Crippen molar-refractivity contribution in [3.63, 3.8) is 0 Å². The Bertz CT molecular complexity index is 1110. The summed E-state index contributed by atoms with van der Waals surface area (Å²) in [6.07, 6.45) is 58.1. The standard InChI is InChI=1S/C53H93NO5/c1-4-7-10-13-16-19-21-23-25-26-27-29-31-34-37-40-43-46-53(58)59-49(44-41-38-35-33-30-28-24-22-20-17-14-11-8-5-2)47-52(57)54-50(48-55)51(56)45-42-39-36-32-18-15-12-9-6-3/h7,10,13,16,19,21,23,25-27,29,31,49-51,55-56H,4-6,8-9,11-12,14-15,17-18,20,22,24,28,30,32-48H2,1-3H3,(H,54,57)/b10-7-,16-13+,21-19+,25-23-,27-26+,31-29+. The van der Waals surface area contributed by atoms with E-state index in [9.17, 15) is 19.8 Å². The van der Waals surface area contributed by atoms with E-state index in [1.54, 1.807) is 0 Å². The highest BCUT2D eigenvalue weighted by Crippen LogP contribution is 2.18. The van der Waals surface area contributed by atoms with Gasteiger partial charge in [-0.3, -0.25) is 9.59 Å². The number of hydrogen-bond acceptors (Lipinski definition) is 5. The molecule has 0 fully saturated rings. The van der Waals surface area contributed by atoms with Crippen molar-refractivity contribution in [2.24, 2.45) is 0 Å². The molecule has 0 saturated carbocycles. The number of aliphatic hydroxyl groups is 2. The van der Waals surface area contributed by atoms with Gasteiger partial charge in [-0.15, -0.1) is 0 Å². The van der Waals surface area contributed by atoms with Crippen LogP contribution in [0.3, 0.4) is 0 Å². The predicted molar refractivity (Wildman–Crippen MR) is 255 cm³/mol. The summed E-state index contributed by atoms with van der Waals surface area (Å²) in [6.45, 7) is 6.31. The summed E-state index contributed by atoms with van der Waals surface area (Å²) < 4.78 is 5.91. The van der Waals surface area contributed by atoms with E-state index in [1.165, 1.54) is 109 Å². The number of rotatable bonds is 43. The van der Waals surface area contributed by atoms with Crippen LogP contribution in [0.1, 0.15) is 226 Å². The lowest BCUT2D eigenvalue weighted by atomic mass is 10.0. The molecular weight excluding hydrogens is 731 g/mol. The van der Waals surface area contributed by atoms with Gasteiger partial charge in [0.1, 0.15) is 6.10 Å².